The molecule has 0 spiro atoms. The summed E-state index contributed by atoms with van der Waals surface area (Å²) < 4.78 is 20.5. The van der Waals surface area contributed by atoms with Crippen molar-refractivity contribution >= 4 is 35.6 Å². The van der Waals surface area contributed by atoms with E-state index in [0.29, 0.717) is 53.7 Å². The van der Waals surface area contributed by atoms with Crippen LogP contribution in [0.1, 0.15) is 51.4 Å². The quantitative estimate of drug-likeness (QED) is 0.0381. The minimum atomic E-state index is -1.64. The Morgan fingerprint density at radius 3 is 1.33 bits per heavy atom. The molecule has 0 aromatic carbocycles. The van der Waals surface area contributed by atoms with Crippen molar-refractivity contribution in [2.75, 3.05) is 26.4 Å². The van der Waals surface area contributed by atoms with Gasteiger partial charge in [-0.05, 0) is 44.6 Å². The van der Waals surface area contributed by atoms with E-state index in [1.165, 1.54) is 0 Å². The zero-order valence-corrected chi connectivity index (χ0v) is 26.7. The fourth-order valence-electron chi connectivity index (χ4n) is 3.49. The average Bonchev–Trinajstić information content (AvgIpc) is 3.09. The molecule has 0 unspecified atom stereocenters. The van der Waals surface area contributed by atoms with Gasteiger partial charge in [0.1, 0.15) is 13.2 Å². The first-order valence-electron chi connectivity index (χ1n) is 14.7. The van der Waals surface area contributed by atoms with E-state index in [1.807, 2.05) is 0 Å². The van der Waals surface area contributed by atoms with Gasteiger partial charge in [-0.1, -0.05) is 24.5 Å². The number of carbonyl (C=O) groups is 6. The number of rotatable bonds is 23. The summed E-state index contributed by atoms with van der Waals surface area (Å²) >= 11 is 0. The van der Waals surface area contributed by atoms with Gasteiger partial charge in [0.25, 0.3) is 5.78 Å². The molecule has 0 saturated heterocycles. The molecular weight excluding hydrogens is 638 g/mol. The number of aromatic nitrogens is 3. The molecule has 0 radical (unpaired) electrons. The third-order valence-corrected chi connectivity index (χ3v) is 5.86. The summed E-state index contributed by atoms with van der Waals surface area (Å²) in [4.78, 5) is 113. The second-order valence-electron chi connectivity index (χ2n) is 9.20. The minimum Gasteiger partial charge on any atom is -0.464 e. The van der Waals surface area contributed by atoms with E-state index in [9.17, 15) is 43.2 Å². The number of nitrogens with zero attached hydrogens (tertiary/aromatic N) is 3. The van der Waals surface area contributed by atoms with Gasteiger partial charge < -0.3 is 23.8 Å². The maximum atomic E-state index is 13.0. The lowest BCUT2D eigenvalue weighted by Crippen LogP contribution is -2.58. The lowest BCUT2D eigenvalue weighted by Gasteiger charge is -2.13. The first kappa shape index (κ1) is 42.4. The predicted molar refractivity (Wildman–Crippen MR) is 168 cm³/mol. The number of unbranched alkanes of at least 4 members (excludes halogenated alkanes) is 4. The van der Waals surface area contributed by atoms with E-state index in [2.05, 4.69) is 37.7 Å². The van der Waals surface area contributed by atoms with Crippen LogP contribution in [-0.4, -0.2) is 75.9 Å². The number of ketones is 1. The van der Waals surface area contributed by atoms with E-state index in [4.69, 9.17) is 18.9 Å². The van der Waals surface area contributed by atoms with Crippen molar-refractivity contribution in [3.8, 4) is 0 Å². The Morgan fingerprint density at radius 1 is 0.542 bits per heavy atom. The van der Waals surface area contributed by atoms with Crippen LogP contribution in [0.25, 0.3) is 0 Å². The Hall–Kier alpha value is -5.61. The molecule has 0 aliphatic heterocycles. The number of hydrogen-bond acceptors (Lipinski definition) is 14. The van der Waals surface area contributed by atoms with Crippen molar-refractivity contribution in [2.24, 2.45) is 0 Å². The maximum absolute atomic E-state index is 13.0. The van der Waals surface area contributed by atoms with Gasteiger partial charge in [-0.15, -0.1) is 13.2 Å². The van der Waals surface area contributed by atoms with Gasteiger partial charge in [0.2, 0.25) is 0 Å². The van der Waals surface area contributed by atoms with Crippen LogP contribution in [0.2, 0.25) is 0 Å². The SMILES string of the molecule is C=C.C=CC(=O)OCCCCCC(=O)OCCn1c(=O)n(CCOC(=O)CCCCCOC(=O)C=C)c(=O)n(OC(=O)C(=O)C=C)c1=O. The molecule has 17 heteroatoms. The molecule has 1 rings (SSSR count). The van der Waals surface area contributed by atoms with Gasteiger partial charge in [-0.3, -0.25) is 14.4 Å². The van der Waals surface area contributed by atoms with Crippen LogP contribution in [0, 0.1) is 0 Å². The Morgan fingerprint density at radius 2 is 0.958 bits per heavy atom. The molecule has 0 aliphatic rings. The highest BCUT2D eigenvalue weighted by atomic mass is 16.7. The van der Waals surface area contributed by atoms with Crippen molar-refractivity contribution in [2.45, 2.75) is 64.5 Å². The van der Waals surface area contributed by atoms with Gasteiger partial charge in [-0.25, -0.2) is 37.9 Å². The normalized spacial score (nSPS) is 9.92. The molecule has 1 aromatic rings. The zero-order valence-electron chi connectivity index (χ0n) is 26.7. The summed E-state index contributed by atoms with van der Waals surface area (Å²) in [7, 11) is 0. The topological polar surface area (TPSA) is 215 Å². The third-order valence-electron chi connectivity index (χ3n) is 5.86. The highest BCUT2D eigenvalue weighted by Gasteiger charge is 2.22. The smallest absolute Gasteiger partial charge is 0.403 e. The molecule has 48 heavy (non-hydrogen) atoms. The van der Waals surface area contributed by atoms with Crippen LogP contribution in [0.4, 0.5) is 0 Å². The van der Waals surface area contributed by atoms with Crippen molar-refractivity contribution in [3.63, 3.8) is 0 Å². The molecule has 1 aromatic heterocycles. The second kappa shape index (κ2) is 24.6. The van der Waals surface area contributed by atoms with E-state index in [1.54, 1.807) is 0 Å². The van der Waals surface area contributed by atoms with E-state index >= 15 is 0 Å². The summed E-state index contributed by atoms with van der Waals surface area (Å²) in [5.74, 6) is -5.34. The summed E-state index contributed by atoms with van der Waals surface area (Å²) in [5.41, 5.74) is -4.05. The standard InChI is InChI=1S/C29H37N3O14.C2H4/c1-4-21(33)26(38)46-32-28(40)30(15-19-44-24(36)13-9-7-11-17-42-22(34)5-2)27(39)31(29(32)41)16-20-45-25(37)14-10-8-12-18-43-23(35)6-3;1-2/h4-6H,1-3,7-20H2;1-2H2. The summed E-state index contributed by atoms with van der Waals surface area (Å²) in [6.07, 6.45) is 5.52. The zero-order chi connectivity index (χ0) is 36.5. The first-order valence-corrected chi connectivity index (χ1v) is 14.7. The number of esters is 4. The Balaban J connectivity index is 0.0000108. The molecule has 0 N–H and O–H groups in total. The number of hydrogen-bond donors (Lipinski definition) is 0. The number of ether oxygens (including phenoxy) is 4. The Labute approximate surface area is 275 Å². The Bertz CT molecular complexity index is 1400. The van der Waals surface area contributed by atoms with Crippen LogP contribution in [0.3, 0.4) is 0 Å². The fraction of sp³-hybridized carbons (Fsp3) is 0.452. The minimum absolute atomic E-state index is 0.0105. The summed E-state index contributed by atoms with van der Waals surface area (Å²) in [5, 5.41) is 0. The van der Waals surface area contributed by atoms with E-state index in [-0.39, 0.29) is 30.8 Å². The van der Waals surface area contributed by atoms with E-state index in [0.717, 1.165) is 12.2 Å². The first-order chi connectivity index (χ1) is 23.0. The van der Waals surface area contributed by atoms with Gasteiger partial charge >= 0.3 is 46.9 Å². The summed E-state index contributed by atoms with van der Waals surface area (Å²) in [6.45, 7) is 13.9. The monoisotopic (exact) mass is 679 g/mol. The van der Waals surface area contributed by atoms with Gasteiger partial charge in [0.05, 0.1) is 26.3 Å². The molecule has 1 heterocycles. The van der Waals surface area contributed by atoms with Crippen LogP contribution in [-0.2, 0) is 60.8 Å². The van der Waals surface area contributed by atoms with Crippen LogP contribution >= 0.6 is 0 Å². The van der Waals surface area contributed by atoms with Gasteiger partial charge in [0.15, 0.2) is 0 Å². The Kier molecular flexibility index (Phi) is 21.7. The van der Waals surface area contributed by atoms with Gasteiger partial charge in [0, 0.05) is 25.0 Å². The van der Waals surface area contributed by atoms with Crippen LogP contribution < -0.4 is 21.9 Å². The molecule has 0 atom stereocenters. The molecule has 0 saturated carbocycles. The lowest BCUT2D eigenvalue weighted by molar-refractivity contribution is -0.153. The summed E-state index contributed by atoms with van der Waals surface area (Å²) in [6, 6.07) is 0. The van der Waals surface area contributed by atoms with Crippen molar-refractivity contribution in [1.29, 1.82) is 0 Å². The largest absolute Gasteiger partial charge is 0.464 e. The molecule has 17 nitrogen and oxygen atoms in total. The fourth-order valence-corrected chi connectivity index (χ4v) is 3.49. The highest BCUT2D eigenvalue weighted by molar-refractivity contribution is 6.38. The molecule has 0 fully saturated rings. The highest BCUT2D eigenvalue weighted by Crippen LogP contribution is 2.03. The van der Waals surface area contributed by atoms with Crippen LogP contribution in [0.15, 0.2) is 65.5 Å². The second-order valence-corrected chi connectivity index (χ2v) is 9.20. The third kappa shape index (κ3) is 16.1. The van der Waals surface area contributed by atoms with E-state index < -0.39 is 79.0 Å². The van der Waals surface area contributed by atoms with Gasteiger partial charge in [-0.2, -0.15) is 0 Å². The number of carbonyl (C=O) groups excluding carboxylic acids is 6. The predicted octanol–water partition coefficient (Wildman–Crippen LogP) is 0.350. The van der Waals surface area contributed by atoms with Crippen molar-refractivity contribution in [3.05, 3.63) is 82.6 Å². The molecule has 264 valence electrons. The lowest BCUT2D eigenvalue weighted by atomic mass is 10.2. The molecule has 0 bridgehead atoms. The molecule has 0 aliphatic carbocycles. The average molecular weight is 680 g/mol. The molecule has 0 amide bonds. The maximum Gasteiger partial charge on any atom is 0.403 e. The van der Waals surface area contributed by atoms with Crippen LogP contribution in [0.5, 0.6) is 0 Å². The van der Waals surface area contributed by atoms with Crippen molar-refractivity contribution in [1.82, 2.24) is 13.9 Å². The molecular formula is C31H41N3O14. The van der Waals surface area contributed by atoms with Crippen molar-refractivity contribution < 1.29 is 52.6 Å².